The Morgan fingerprint density at radius 2 is 2.14 bits per heavy atom. The second-order valence-corrected chi connectivity index (χ2v) is 3.11. The lowest BCUT2D eigenvalue weighted by Gasteiger charge is -2.06. The van der Waals surface area contributed by atoms with Crippen molar-refractivity contribution in [1.29, 1.82) is 0 Å². The molecule has 1 aromatic rings. The van der Waals surface area contributed by atoms with Crippen LogP contribution in [0.2, 0.25) is 5.02 Å². The van der Waals surface area contributed by atoms with Crippen LogP contribution in [0, 0.1) is 0 Å². The van der Waals surface area contributed by atoms with Crippen molar-refractivity contribution in [2.75, 3.05) is 5.73 Å². The third kappa shape index (κ3) is 2.10. The van der Waals surface area contributed by atoms with E-state index in [-0.39, 0.29) is 10.8 Å². The number of hydrogen-bond acceptors (Lipinski definition) is 3. The number of pyridine rings is 1. The summed E-state index contributed by atoms with van der Waals surface area (Å²) in [5.74, 6) is -0.188. The first-order valence-corrected chi connectivity index (χ1v) is 4.13. The molecule has 1 aromatic heterocycles. The molecule has 1 rings (SSSR count). The van der Waals surface area contributed by atoms with Crippen LogP contribution < -0.4 is 5.73 Å². The van der Waals surface area contributed by atoms with Crippen molar-refractivity contribution in [3.63, 3.8) is 0 Å². The lowest BCUT2D eigenvalue weighted by Crippen LogP contribution is -2.05. The Bertz CT molecular complexity index is 384. The van der Waals surface area contributed by atoms with E-state index in [1.165, 1.54) is 0 Å². The molecule has 0 aliphatic heterocycles. The van der Waals surface area contributed by atoms with Gasteiger partial charge in [-0.2, -0.15) is 0 Å². The molecular formula is C7H4Cl2F2N2O. The van der Waals surface area contributed by atoms with E-state index in [0.717, 1.165) is 6.07 Å². The summed E-state index contributed by atoms with van der Waals surface area (Å²) in [5.41, 5.74) is 3.88. The van der Waals surface area contributed by atoms with Gasteiger partial charge in [-0.1, -0.05) is 11.6 Å². The molecule has 76 valence electrons. The van der Waals surface area contributed by atoms with Crippen LogP contribution in [0.1, 0.15) is 22.5 Å². The number of alkyl halides is 2. The number of carbonyl (C=O) groups excluding carboxylic acids is 1. The maximum absolute atomic E-state index is 12.4. The predicted molar refractivity (Wildman–Crippen MR) is 48.8 cm³/mol. The highest BCUT2D eigenvalue weighted by atomic mass is 35.5. The summed E-state index contributed by atoms with van der Waals surface area (Å²) in [7, 11) is 0. The quantitative estimate of drug-likeness (QED) is 0.809. The topological polar surface area (TPSA) is 56.0 Å². The van der Waals surface area contributed by atoms with E-state index in [0.29, 0.717) is 0 Å². The van der Waals surface area contributed by atoms with Crippen LogP contribution in [0.3, 0.4) is 0 Å². The summed E-state index contributed by atoms with van der Waals surface area (Å²) in [6.07, 6.45) is -2.95. The van der Waals surface area contributed by atoms with Crippen molar-refractivity contribution in [3.05, 3.63) is 22.3 Å². The average molecular weight is 241 g/mol. The molecule has 0 saturated heterocycles. The van der Waals surface area contributed by atoms with Crippen molar-refractivity contribution < 1.29 is 13.6 Å². The SMILES string of the molecule is Nc1cc(Cl)c(C(=O)Cl)c(C(F)F)n1. The zero-order valence-electron chi connectivity index (χ0n) is 6.60. The smallest absolute Gasteiger partial charge is 0.281 e. The minimum atomic E-state index is -2.95. The molecule has 0 bridgehead atoms. The van der Waals surface area contributed by atoms with Gasteiger partial charge < -0.3 is 5.73 Å². The first-order valence-electron chi connectivity index (χ1n) is 3.37. The van der Waals surface area contributed by atoms with Crippen molar-refractivity contribution >= 4 is 34.3 Å². The van der Waals surface area contributed by atoms with Gasteiger partial charge in [0.1, 0.15) is 11.5 Å². The molecule has 2 N–H and O–H groups in total. The van der Waals surface area contributed by atoms with Gasteiger partial charge in [0.25, 0.3) is 11.7 Å². The van der Waals surface area contributed by atoms with Crippen molar-refractivity contribution in [3.8, 4) is 0 Å². The van der Waals surface area contributed by atoms with Gasteiger partial charge in [0.15, 0.2) is 0 Å². The summed E-state index contributed by atoms with van der Waals surface area (Å²) in [6.45, 7) is 0. The van der Waals surface area contributed by atoms with Crippen LogP contribution in [0.15, 0.2) is 6.07 Å². The Hall–Kier alpha value is -0.940. The van der Waals surface area contributed by atoms with Crippen LogP contribution in [-0.4, -0.2) is 10.2 Å². The zero-order valence-corrected chi connectivity index (χ0v) is 8.11. The number of halogens is 4. The summed E-state index contributed by atoms with van der Waals surface area (Å²) in [5, 5.41) is -1.31. The molecule has 7 heteroatoms. The van der Waals surface area contributed by atoms with Crippen LogP contribution in [-0.2, 0) is 0 Å². The summed E-state index contributed by atoms with van der Waals surface area (Å²) >= 11 is 10.6. The standard InChI is InChI=1S/C7H4Cl2F2N2O/c8-2-1-3(12)13-5(7(10)11)4(2)6(9)14/h1,7H,(H2,12,13). The summed E-state index contributed by atoms with van der Waals surface area (Å²) in [4.78, 5) is 14.1. The van der Waals surface area contributed by atoms with E-state index >= 15 is 0 Å². The molecular weight excluding hydrogens is 237 g/mol. The van der Waals surface area contributed by atoms with Crippen molar-refractivity contribution in [1.82, 2.24) is 4.98 Å². The highest BCUT2D eigenvalue weighted by Crippen LogP contribution is 2.29. The first-order chi connectivity index (χ1) is 6.43. The minimum absolute atomic E-state index is 0.188. The molecule has 0 fully saturated rings. The highest BCUT2D eigenvalue weighted by Gasteiger charge is 2.22. The van der Waals surface area contributed by atoms with E-state index < -0.39 is 22.9 Å². The average Bonchev–Trinajstić information content (AvgIpc) is 2.01. The van der Waals surface area contributed by atoms with Crippen LogP contribution in [0.25, 0.3) is 0 Å². The number of hydrogen-bond donors (Lipinski definition) is 1. The molecule has 0 aromatic carbocycles. The molecule has 0 aliphatic rings. The Kier molecular flexibility index (Phi) is 3.23. The fourth-order valence-corrected chi connectivity index (χ4v) is 1.45. The minimum Gasteiger partial charge on any atom is -0.384 e. The van der Waals surface area contributed by atoms with Gasteiger partial charge in [-0.05, 0) is 17.7 Å². The van der Waals surface area contributed by atoms with Crippen LogP contribution >= 0.6 is 23.2 Å². The Labute approximate surface area is 87.8 Å². The van der Waals surface area contributed by atoms with E-state index in [4.69, 9.17) is 28.9 Å². The van der Waals surface area contributed by atoms with Crippen LogP contribution in [0.4, 0.5) is 14.6 Å². The maximum Gasteiger partial charge on any atom is 0.281 e. The van der Waals surface area contributed by atoms with Crippen molar-refractivity contribution in [2.45, 2.75) is 6.43 Å². The van der Waals surface area contributed by atoms with E-state index in [1.54, 1.807) is 0 Å². The second kappa shape index (κ2) is 4.06. The van der Waals surface area contributed by atoms with Gasteiger partial charge in [0.05, 0.1) is 10.6 Å². The second-order valence-electron chi connectivity index (χ2n) is 2.36. The van der Waals surface area contributed by atoms with Crippen LogP contribution in [0.5, 0.6) is 0 Å². The molecule has 3 nitrogen and oxygen atoms in total. The summed E-state index contributed by atoms with van der Waals surface area (Å²) in [6, 6.07) is 1.09. The number of carbonyl (C=O) groups is 1. The molecule has 0 spiro atoms. The van der Waals surface area contributed by atoms with Gasteiger partial charge in [0.2, 0.25) is 0 Å². The predicted octanol–water partition coefficient (Wildman–Crippen LogP) is 2.63. The summed E-state index contributed by atoms with van der Waals surface area (Å²) < 4.78 is 24.7. The van der Waals surface area contributed by atoms with Gasteiger partial charge in [0, 0.05) is 0 Å². The Morgan fingerprint density at radius 1 is 1.57 bits per heavy atom. The lowest BCUT2D eigenvalue weighted by molar-refractivity contribution is 0.106. The largest absolute Gasteiger partial charge is 0.384 e. The number of nitrogens with zero attached hydrogens (tertiary/aromatic N) is 1. The Morgan fingerprint density at radius 3 is 2.57 bits per heavy atom. The van der Waals surface area contributed by atoms with E-state index in [1.807, 2.05) is 0 Å². The number of anilines is 1. The normalized spacial score (nSPS) is 10.6. The molecule has 0 amide bonds. The number of rotatable bonds is 2. The molecule has 0 aliphatic carbocycles. The fraction of sp³-hybridized carbons (Fsp3) is 0.143. The van der Waals surface area contributed by atoms with Gasteiger partial charge in [-0.3, -0.25) is 4.79 Å². The van der Waals surface area contributed by atoms with Gasteiger partial charge in [-0.25, -0.2) is 13.8 Å². The first kappa shape index (κ1) is 11.1. The van der Waals surface area contributed by atoms with Gasteiger partial charge in [-0.15, -0.1) is 0 Å². The molecule has 0 atom stereocenters. The zero-order chi connectivity index (χ0) is 10.9. The fourth-order valence-electron chi connectivity index (χ4n) is 0.904. The van der Waals surface area contributed by atoms with E-state index in [9.17, 15) is 13.6 Å². The van der Waals surface area contributed by atoms with Crippen molar-refractivity contribution in [2.24, 2.45) is 0 Å². The molecule has 0 unspecified atom stereocenters. The number of nitrogen functional groups attached to an aromatic ring is 1. The Balaban J connectivity index is 3.44. The van der Waals surface area contributed by atoms with E-state index in [2.05, 4.69) is 4.98 Å². The maximum atomic E-state index is 12.4. The number of nitrogens with two attached hydrogens (primary N) is 1. The lowest BCUT2D eigenvalue weighted by atomic mass is 10.2. The monoisotopic (exact) mass is 240 g/mol. The molecule has 14 heavy (non-hydrogen) atoms. The number of aromatic nitrogens is 1. The highest BCUT2D eigenvalue weighted by molar-refractivity contribution is 6.69. The van der Waals surface area contributed by atoms with Gasteiger partial charge >= 0.3 is 0 Å². The molecule has 0 saturated carbocycles. The third-order valence-electron chi connectivity index (χ3n) is 1.42. The molecule has 0 radical (unpaired) electrons. The third-order valence-corrected chi connectivity index (χ3v) is 1.91. The molecule has 1 heterocycles.